The van der Waals surface area contributed by atoms with E-state index in [-0.39, 0.29) is 42.1 Å². The van der Waals surface area contributed by atoms with Crippen LogP contribution in [0.1, 0.15) is 19.4 Å². The van der Waals surface area contributed by atoms with E-state index in [9.17, 15) is 12.8 Å². The van der Waals surface area contributed by atoms with Gasteiger partial charge in [-0.25, -0.2) is 17.1 Å². The molecule has 0 aliphatic carbocycles. The maximum Gasteiger partial charge on any atom is 0.215 e. The van der Waals surface area contributed by atoms with Gasteiger partial charge in [-0.15, -0.1) is 24.0 Å². The van der Waals surface area contributed by atoms with Crippen LogP contribution in [-0.4, -0.2) is 57.7 Å². The van der Waals surface area contributed by atoms with Gasteiger partial charge in [-0.3, -0.25) is 4.99 Å². The number of nitrogens with zero attached hydrogens (tertiary/aromatic N) is 2. The first kappa shape index (κ1) is 24.1. The van der Waals surface area contributed by atoms with Crippen molar-refractivity contribution in [2.75, 3.05) is 39.0 Å². The fourth-order valence-electron chi connectivity index (χ4n) is 2.28. The standard InChI is InChI=1S/C16H27FN4O2S.HI/c1-4-21(5-2)24(22,23)13-12-20-16(18-3)19-11-10-14-8-6-7-9-15(14)17;/h6-9H,4-5,10-13H2,1-3H3,(H2,18,19,20);1H. The Balaban J connectivity index is 0.00000576. The van der Waals surface area contributed by atoms with Crippen molar-refractivity contribution in [1.29, 1.82) is 0 Å². The zero-order valence-corrected chi connectivity index (χ0v) is 18.1. The lowest BCUT2D eigenvalue weighted by Gasteiger charge is -2.19. The van der Waals surface area contributed by atoms with Crippen LogP contribution in [-0.2, 0) is 16.4 Å². The highest BCUT2D eigenvalue weighted by molar-refractivity contribution is 14.0. The number of hydrogen-bond acceptors (Lipinski definition) is 3. The third-order valence-corrected chi connectivity index (χ3v) is 5.64. The molecule has 0 heterocycles. The number of halogens is 2. The van der Waals surface area contributed by atoms with Crippen LogP contribution < -0.4 is 10.6 Å². The second-order valence-corrected chi connectivity index (χ2v) is 7.26. The van der Waals surface area contributed by atoms with Gasteiger partial charge >= 0.3 is 0 Å². The van der Waals surface area contributed by atoms with Crippen LogP contribution >= 0.6 is 24.0 Å². The van der Waals surface area contributed by atoms with E-state index < -0.39 is 10.0 Å². The lowest BCUT2D eigenvalue weighted by molar-refractivity contribution is 0.445. The Bertz CT molecular complexity index is 637. The van der Waals surface area contributed by atoms with Crippen molar-refractivity contribution < 1.29 is 12.8 Å². The van der Waals surface area contributed by atoms with E-state index in [4.69, 9.17) is 0 Å². The van der Waals surface area contributed by atoms with Crippen molar-refractivity contribution >= 4 is 40.0 Å². The third-order valence-electron chi connectivity index (χ3n) is 3.62. The van der Waals surface area contributed by atoms with Crippen LogP contribution in [0.5, 0.6) is 0 Å². The molecule has 0 saturated heterocycles. The van der Waals surface area contributed by atoms with Gasteiger partial charge in [-0.2, -0.15) is 0 Å². The average molecular weight is 486 g/mol. The molecule has 0 bridgehead atoms. The molecular formula is C16H28FIN4O2S. The Hall–Kier alpha value is -0.940. The molecule has 0 atom stereocenters. The predicted octanol–water partition coefficient (Wildman–Crippen LogP) is 1.82. The quantitative estimate of drug-likeness (QED) is 0.318. The number of rotatable bonds is 9. The Morgan fingerprint density at radius 2 is 1.76 bits per heavy atom. The van der Waals surface area contributed by atoms with Gasteiger partial charge in [0.05, 0.1) is 5.75 Å². The molecule has 9 heteroatoms. The van der Waals surface area contributed by atoms with E-state index in [0.717, 1.165) is 0 Å². The van der Waals surface area contributed by atoms with Crippen molar-refractivity contribution in [2.24, 2.45) is 4.99 Å². The minimum Gasteiger partial charge on any atom is -0.356 e. The number of guanidine groups is 1. The van der Waals surface area contributed by atoms with E-state index in [1.807, 2.05) is 13.8 Å². The summed E-state index contributed by atoms with van der Waals surface area (Å²) < 4.78 is 39.1. The minimum atomic E-state index is -3.26. The molecule has 0 fully saturated rings. The maximum absolute atomic E-state index is 13.5. The van der Waals surface area contributed by atoms with Gasteiger partial charge in [0.1, 0.15) is 5.82 Å². The van der Waals surface area contributed by atoms with Gasteiger partial charge in [0.25, 0.3) is 0 Å². The summed E-state index contributed by atoms with van der Waals surface area (Å²) in [5.41, 5.74) is 0.629. The molecule has 1 rings (SSSR count). The maximum atomic E-state index is 13.5. The molecule has 144 valence electrons. The molecule has 0 unspecified atom stereocenters. The summed E-state index contributed by atoms with van der Waals surface area (Å²) in [6, 6.07) is 6.62. The van der Waals surface area contributed by atoms with Crippen molar-refractivity contribution in [1.82, 2.24) is 14.9 Å². The SMILES string of the molecule is CCN(CC)S(=O)(=O)CCNC(=NC)NCCc1ccccc1F.I. The zero-order chi connectivity index (χ0) is 18.0. The Morgan fingerprint density at radius 3 is 2.32 bits per heavy atom. The van der Waals surface area contributed by atoms with Crippen molar-refractivity contribution in [2.45, 2.75) is 20.3 Å². The van der Waals surface area contributed by atoms with Crippen molar-refractivity contribution in [3.8, 4) is 0 Å². The van der Waals surface area contributed by atoms with Crippen LogP contribution in [0, 0.1) is 5.82 Å². The molecule has 0 radical (unpaired) electrons. The first-order valence-corrected chi connectivity index (χ1v) is 9.71. The topological polar surface area (TPSA) is 73.8 Å². The Morgan fingerprint density at radius 1 is 1.16 bits per heavy atom. The van der Waals surface area contributed by atoms with E-state index in [1.54, 1.807) is 25.2 Å². The van der Waals surface area contributed by atoms with Crippen molar-refractivity contribution in [3.63, 3.8) is 0 Å². The molecule has 0 spiro atoms. The highest BCUT2D eigenvalue weighted by Gasteiger charge is 2.18. The molecule has 0 aliphatic heterocycles. The summed E-state index contributed by atoms with van der Waals surface area (Å²) in [5.74, 6) is 0.275. The van der Waals surface area contributed by atoms with Crippen molar-refractivity contribution in [3.05, 3.63) is 35.6 Å². The summed E-state index contributed by atoms with van der Waals surface area (Å²) >= 11 is 0. The van der Waals surface area contributed by atoms with Gasteiger partial charge in [0.2, 0.25) is 10.0 Å². The zero-order valence-electron chi connectivity index (χ0n) is 15.0. The molecule has 1 aromatic carbocycles. The van der Waals surface area contributed by atoms with Gasteiger partial charge in [-0.05, 0) is 18.1 Å². The van der Waals surface area contributed by atoms with Crippen LogP contribution in [0.15, 0.2) is 29.3 Å². The number of sulfonamides is 1. The highest BCUT2D eigenvalue weighted by atomic mass is 127. The fourth-order valence-corrected chi connectivity index (χ4v) is 3.69. The summed E-state index contributed by atoms with van der Waals surface area (Å²) in [7, 11) is -1.65. The van der Waals surface area contributed by atoms with Gasteiger partial charge in [-0.1, -0.05) is 32.0 Å². The molecule has 25 heavy (non-hydrogen) atoms. The second kappa shape index (κ2) is 12.4. The highest BCUT2D eigenvalue weighted by Crippen LogP contribution is 2.06. The smallest absolute Gasteiger partial charge is 0.215 e. The molecular weight excluding hydrogens is 458 g/mol. The summed E-state index contributed by atoms with van der Waals surface area (Å²) in [4.78, 5) is 4.04. The van der Waals surface area contributed by atoms with E-state index in [1.165, 1.54) is 10.4 Å². The van der Waals surface area contributed by atoms with Crippen LogP contribution in [0.2, 0.25) is 0 Å². The largest absolute Gasteiger partial charge is 0.356 e. The number of aliphatic imine (C=N–C) groups is 1. The normalized spacial score (nSPS) is 12.0. The molecule has 0 amide bonds. The first-order chi connectivity index (χ1) is 11.4. The van der Waals surface area contributed by atoms with Gasteiger partial charge in [0.15, 0.2) is 5.96 Å². The molecule has 6 nitrogen and oxygen atoms in total. The molecule has 0 saturated carbocycles. The Kier molecular flexibility index (Phi) is 12.0. The number of hydrogen-bond donors (Lipinski definition) is 2. The average Bonchev–Trinajstić information content (AvgIpc) is 2.55. The first-order valence-electron chi connectivity index (χ1n) is 8.10. The van der Waals surface area contributed by atoms with E-state index in [2.05, 4.69) is 15.6 Å². The molecule has 1 aromatic rings. The molecule has 2 N–H and O–H groups in total. The summed E-state index contributed by atoms with van der Waals surface area (Å²) in [5, 5.41) is 6.02. The number of nitrogens with one attached hydrogen (secondary N) is 2. The van der Waals surface area contributed by atoms with Crippen LogP contribution in [0.4, 0.5) is 4.39 Å². The predicted molar refractivity (Wildman–Crippen MR) is 112 cm³/mol. The monoisotopic (exact) mass is 486 g/mol. The lowest BCUT2D eigenvalue weighted by Crippen LogP contribution is -2.42. The van der Waals surface area contributed by atoms with E-state index >= 15 is 0 Å². The lowest BCUT2D eigenvalue weighted by atomic mass is 10.1. The van der Waals surface area contributed by atoms with Gasteiger partial charge < -0.3 is 10.6 Å². The number of benzene rings is 1. The summed E-state index contributed by atoms with van der Waals surface area (Å²) in [6.45, 7) is 5.33. The Labute approximate surface area is 167 Å². The molecule has 0 aliphatic rings. The second-order valence-electron chi connectivity index (χ2n) is 5.17. The van der Waals surface area contributed by atoms with Gasteiger partial charge in [0, 0.05) is 33.2 Å². The molecule has 0 aromatic heterocycles. The fraction of sp³-hybridized carbons (Fsp3) is 0.562. The van der Waals surface area contributed by atoms with Crippen LogP contribution in [0.3, 0.4) is 0 Å². The van der Waals surface area contributed by atoms with Crippen LogP contribution in [0.25, 0.3) is 0 Å². The third kappa shape index (κ3) is 8.32. The van der Waals surface area contributed by atoms with E-state index in [0.29, 0.717) is 37.6 Å². The minimum absolute atomic E-state index is 0. The summed E-state index contributed by atoms with van der Waals surface area (Å²) in [6.07, 6.45) is 0.519.